The van der Waals surface area contributed by atoms with Gasteiger partial charge >= 0.3 is 21.3 Å². The summed E-state index contributed by atoms with van der Waals surface area (Å²) in [4.78, 5) is 11.9. The maximum absolute atomic E-state index is 13.7. The molecule has 0 aromatic heterocycles. The Labute approximate surface area is 139 Å². The summed E-state index contributed by atoms with van der Waals surface area (Å²) in [5.74, 6) is -1.42. The topological polar surface area (TPSA) is 89.9 Å². The lowest BCUT2D eigenvalue weighted by molar-refractivity contribution is -0.235. The Morgan fingerprint density at radius 1 is 1.17 bits per heavy atom. The second-order valence-corrected chi connectivity index (χ2v) is 8.74. The standard InChI is InChI=1S/C15H22F2O6S/c1-2-22-8-14(23-13(18)15(16,17)24(19,20)21)11-4-9-3-10(6-11)7-12(14)5-9/h9-12H,2-8H2,1H3,(H,19,20,21). The Kier molecular flexibility index (Phi) is 4.41. The summed E-state index contributed by atoms with van der Waals surface area (Å²) in [6.45, 7) is 2.06. The van der Waals surface area contributed by atoms with E-state index in [0.717, 1.165) is 32.1 Å². The fraction of sp³-hybridized carbons (Fsp3) is 0.933. The third kappa shape index (κ3) is 2.74. The molecule has 0 heterocycles. The second kappa shape index (κ2) is 5.88. The summed E-state index contributed by atoms with van der Waals surface area (Å²) in [6.07, 6.45) is 4.19. The van der Waals surface area contributed by atoms with E-state index in [1.54, 1.807) is 6.92 Å². The smallest absolute Gasteiger partial charge is 0.451 e. The van der Waals surface area contributed by atoms with Gasteiger partial charge in [-0.15, -0.1) is 0 Å². The van der Waals surface area contributed by atoms with Gasteiger partial charge in [0.15, 0.2) is 0 Å². The molecule has 138 valence electrons. The van der Waals surface area contributed by atoms with E-state index >= 15 is 0 Å². The first-order valence-corrected chi connectivity index (χ1v) is 9.70. The molecule has 0 spiro atoms. The van der Waals surface area contributed by atoms with E-state index in [2.05, 4.69) is 0 Å². The zero-order valence-corrected chi connectivity index (χ0v) is 14.2. The normalized spacial score (nSPS) is 38.3. The molecule has 4 fully saturated rings. The fourth-order valence-electron chi connectivity index (χ4n) is 5.01. The van der Waals surface area contributed by atoms with Crippen LogP contribution in [0.25, 0.3) is 0 Å². The van der Waals surface area contributed by atoms with Crippen molar-refractivity contribution in [2.75, 3.05) is 13.2 Å². The molecular formula is C15H22F2O6S. The van der Waals surface area contributed by atoms with E-state index in [1.165, 1.54) is 0 Å². The molecule has 6 nitrogen and oxygen atoms in total. The fourth-order valence-corrected chi connectivity index (χ4v) is 5.26. The van der Waals surface area contributed by atoms with Crippen molar-refractivity contribution in [3.8, 4) is 0 Å². The molecule has 24 heavy (non-hydrogen) atoms. The minimum absolute atomic E-state index is 0.0223. The molecule has 0 atom stereocenters. The van der Waals surface area contributed by atoms with Crippen LogP contribution >= 0.6 is 0 Å². The second-order valence-electron chi connectivity index (χ2n) is 7.28. The van der Waals surface area contributed by atoms with Crippen molar-refractivity contribution in [1.82, 2.24) is 0 Å². The largest absolute Gasteiger partial charge is 0.465 e. The number of carbonyl (C=O) groups excluding carboxylic acids is 1. The number of hydrogen-bond donors (Lipinski definition) is 1. The average molecular weight is 368 g/mol. The van der Waals surface area contributed by atoms with Crippen molar-refractivity contribution in [1.29, 1.82) is 0 Å². The van der Waals surface area contributed by atoms with Crippen molar-refractivity contribution < 1.29 is 36.0 Å². The quantitative estimate of drug-likeness (QED) is 0.571. The molecular weight excluding hydrogens is 346 g/mol. The Hall–Kier alpha value is -0.800. The number of esters is 1. The van der Waals surface area contributed by atoms with Gasteiger partial charge < -0.3 is 9.47 Å². The van der Waals surface area contributed by atoms with Crippen LogP contribution in [-0.2, 0) is 24.4 Å². The summed E-state index contributed by atoms with van der Waals surface area (Å²) in [5, 5.41) is -4.97. The highest BCUT2D eigenvalue weighted by Gasteiger charge is 2.63. The van der Waals surface area contributed by atoms with Crippen LogP contribution in [0.15, 0.2) is 0 Å². The molecule has 0 unspecified atom stereocenters. The molecule has 4 aliphatic carbocycles. The van der Waals surface area contributed by atoms with Gasteiger partial charge in [-0.05, 0) is 50.9 Å². The van der Waals surface area contributed by atoms with Crippen LogP contribution < -0.4 is 0 Å². The molecule has 0 saturated heterocycles. The molecule has 1 N–H and O–H groups in total. The highest BCUT2D eigenvalue weighted by Crippen LogP contribution is 2.60. The van der Waals surface area contributed by atoms with Crippen LogP contribution in [0.1, 0.15) is 39.0 Å². The van der Waals surface area contributed by atoms with E-state index < -0.39 is 26.9 Å². The number of hydrogen-bond acceptors (Lipinski definition) is 5. The molecule has 9 heteroatoms. The van der Waals surface area contributed by atoms with Crippen molar-refractivity contribution in [2.45, 2.75) is 49.9 Å². The van der Waals surface area contributed by atoms with E-state index in [1.807, 2.05) is 0 Å². The van der Waals surface area contributed by atoms with Crippen LogP contribution in [0.2, 0.25) is 0 Å². The van der Waals surface area contributed by atoms with Crippen LogP contribution in [-0.4, -0.2) is 43.0 Å². The van der Waals surface area contributed by atoms with Gasteiger partial charge in [-0.2, -0.15) is 17.2 Å². The minimum Gasteiger partial charge on any atom is -0.451 e. The van der Waals surface area contributed by atoms with Crippen molar-refractivity contribution in [3.05, 3.63) is 0 Å². The maximum Gasteiger partial charge on any atom is 0.465 e. The Morgan fingerprint density at radius 2 is 1.67 bits per heavy atom. The predicted molar refractivity (Wildman–Crippen MR) is 78.9 cm³/mol. The number of rotatable bonds is 6. The Bertz CT molecular complexity index is 589. The van der Waals surface area contributed by atoms with E-state index in [4.69, 9.17) is 14.0 Å². The predicted octanol–water partition coefficient (Wildman–Crippen LogP) is 2.24. The summed E-state index contributed by atoms with van der Waals surface area (Å²) in [6, 6.07) is 0. The summed E-state index contributed by atoms with van der Waals surface area (Å²) < 4.78 is 68.3. The third-order valence-corrected chi connectivity index (χ3v) is 6.71. The molecule has 4 rings (SSSR count). The van der Waals surface area contributed by atoms with E-state index in [-0.39, 0.29) is 18.4 Å². The number of carbonyl (C=O) groups is 1. The number of ether oxygens (including phenoxy) is 2. The van der Waals surface area contributed by atoms with Crippen LogP contribution in [0, 0.1) is 23.7 Å². The van der Waals surface area contributed by atoms with Crippen molar-refractivity contribution in [2.24, 2.45) is 23.7 Å². The lowest BCUT2D eigenvalue weighted by Gasteiger charge is -2.59. The van der Waals surface area contributed by atoms with Crippen LogP contribution in [0.3, 0.4) is 0 Å². The van der Waals surface area contributed by atoms with Gasteiger partial charge in [0, 0.05) is 18.4 Å². The first-order valence-electron chi connectivity index (χ1n) is 8.26. The SMILES string of the molecule is CCOCC1(OC(=O)C(F)(F)S(=O)(=O)O)C2CC3CC(C2)CC1C3. The average Bonchev–Trinajstić information content (AvgIpc) is 2.47. The summed E-state index contributed by atoms with van der Waals surface area (Å²) >= 11 is 0. The van der Waals surface area contributed by atoms with Gasteiger partial charge in [0.2, 0.25) is 0 Å². The Balaban J connectivity index is 1.89. The molecule has 0 radical (unpaired) electrons. The van der Waals surface area contributed by atoms with Gasteiger partial charge in [0.05, 0.1) is 6.61 Å². The molecule has 0 aliphatic heterocycles. The highest BCUT2D eigenvalue weighted by atomic mass is 32.2. The van der Waals surface area contributed by atoms with Gasteiger partial charge in [-0.1, -0.05) is 0 Å². The first-order chi connectivity index (χ1) is 11.1. The van der Waals surface area contributed by atoms with Gasteiger partial charge in [-0.3, -0.25) is 4.55 Å². The van der Waals surface area contributed by atoms with Gasteiger partial charge in [0.25, 0.3) is 0 Å². The van der Waals surface area contributed by atoms with Gasteiger partial charge in [0.1, 0.15) is 5.60 Å². The van der Waals surface area contributed by atoms with Crippen LogP contribution in [0.4, 0.5) is 8.78 Å². The molecule has 4 aliphatic rings. The monoisotopic (exact) mass is 368 g/mol. The van der Waals surface area contributed by atoms with Gasteiger partial charge in [-0.25, -0.2) is 4.79 Å². The van der Waals surface area contributed by atoms with Crippen molar-refractivity contribution in [3.63, 3.8) is 0 Å². The lowest BCUT2D eigenvalue weighted by Crippen LogP contribution is -2.63. The third-order valence-electron chi connectivity index (χ3n) is 5.90. The van der Waals surface area contributed by atoms with Crippen molar-refractivity contribution >= 4 is 16.1 Å². The minimum atomic E-state index is -5.87. The molecule has 0 amide bonds. The summed E-state index contributed by atoms with van der Waals surface area (Å²) in [7, 11) is -5.87. The Morgan fingerprint density at radius 3 is 2.08 bits per heavy atom. The first kappa shape index (κ1) is 18.0. The van der Waals surface area contributed by atoms with E-state index in [9.17, 15) is 22.0 Å². The number of alkyl halides is 2. The zero-order chi connectivity index (χ0) is 17.8. The highest BCUT2D eigenvalue weighted by molar-refractivity contribution is 7.87. The molecule has 0 aromatic rings. The summed E-state index contributed by atoms with van der Waals surface area (Å²) in [5.41, 5.74) is -1.23. The molecule has 4 saturated carbocycles. The maximum atomic E-state index is 13.7. The lowest BCUT2D eigenvalue weighted by atomic mass is 9.50. The zero-order valence-electron chi connectivity index (χ0n) is 13.4. The van der Waals surface area contributed by atoms with E-state index in [0.29, 0.717) is 18.4 Å². The van der Waals surface area contributed by atoms with Crippen LogP contribution in [0.5, 0.6) is 0 Å². The molecule has 0 aromatic carbocycles. The molecule has 4 bridgehead atoms. The number of halogens is 2.